The molecule has 0 amide bonds. The Morgan fingerprint density at radius 3 is 2.29 bits per heavy atom. The molecule has 0 spiro atoms. The number of rotatable bonds is 3. The molecule has 3 nitrogen and oxygen atoms in total. The zero-order valence-corrected chi connectivity index (χ0v) is 5.34. The molecule has 0 radical (unpaired) electrons. The number of hydrogen-bond donors (Lipinski definition) is 2. The monoisotopic (exact) mass is 126 g/mol. The smallest absolute Gasteiger partial charge is 0.0588 e. The lowest BCUT2D eigenvalue weighted by Crippen LogP contribution is -2.29. The Morgan fingerprint density at radius 1 is 1.57 bits per heavy atom. The van der Waals surface area contributed by atoms with Gasteiger partial charge in [0.1, 0.15) is 0 Å². The summed E-state index contributed by atoms with van der Waals surface area (Å²) in [6, 6.07) is 0. The molecule has 0 heterocycles. The Hall–Kier alpha value is 0.170. The lowest BCUT2D eigenvalue weighted by atomic mass is 10.8. The van der Waals surface area contributed by atoms with Gasteiger partial charge in [0.05, 0.1) is 7.11 Å². The topological polar surface area (TPSA) is 33.3 Å². The summed E-state index contributed by atoms with van der Waals surface area (Å²) in [5.74, 6) is 0. The predicted octanol–water partition coefficient (Wildman–Crippen LogP) is 0.0837. The van der Waals surface area contributed by atoms with E-state index in [4.69, 9.17) is 0 Å². The molecule has 0 aliphatic rings. The van der Waals surface area contributed by atoms with E-state index in [-0.39, 0.29) is 12.4 Å². The van der Waals surface area contributed by atoms with E-state index in [0.29, 0.717) is 0 Å². The van der Waals surface area contributed by atoms with Crippen molar-refractivity contribution < 1.29 is 4.84 Å². The van der Waals surface area contributed by atoms with Crippen LogP contribution in [-0.2, 0) is 4.84 Å². The van der Waals surface area contributed by atoms with E-state index in [9.17, 15) is 0 Å². The number of halogens is 1. The molecule has 0 saturated heterocycles. The zero-order chi connectivity index (χ0) is 4.83. The van der Waals surface area contributed by atoms with Gasteiger partial charge in [-0.25, -0.2) is 5.43 Å². The average molecular weight is 127 g/mol. The summed E-state index contributed by atoms with van der Waals surface area (Å²) < 4.78 is 0. The normalized spacial score (nSPS) is 7.71. The highest BCUT2D eigenvalue weighted by Crippen LogP contribution is 1.44. The molecule has 0 aromatic heterocycles. The maximum atomic E-state index is 4.42. The molecule has 4 heteroatoms. The van der Waals surface area contributed by atoms with Crippen molar-refractivity contribution in [2.24, 2.45) is 0 Å². The van der Waals surface area contributed by atoms with Gasteiger partial charge in [0.15, 0.2) is 0 Å². The second kappa shape index (κ2) is 9.48. The summed E-state index contributed by atoms with van der Waals surface area (Å²) in [5.41, 5.74) is 5.17. The van der Waals surface area contributed by atoms with E-state index in [1.807, 2.05) is 6.92 Å². The number of nitrogens with one attached hydrogen (secondary N) is 2. The van der Waals surface area contributed by atoms with Crippen molar-refractivity contribution in [2.75, 3.05) is 13.7 Å². The van der Waals surface area contributed by atoms with Gasteiger partial charge >= 0.3 is 0 Å². The van der Waals surface area contributed by atoms with Gasteiger partial charge in [-0.15, -0.1) is 18.0 Å². The van der Waals surface area contributed by atoms with Crippen molar-refractivity contribution in [3.8, 4) is 0 Å². The van der Waals surface area contributed by atoms with Gasteiger partial charge in [0.25, 0.3) is 0 Å². The first-order valence-corrected chi connectivity index (χ1v) is 1.92. The molecule has 2 N–H and O–H groups in total. The first-order valence-electron chi connectivity index (χ1n) is 1.92. The van der Waals surface area contributed by atoms with Crippen LogP contribution in [0.1, 0.15) is 6.92 Å². The lowest BCUT2D eigenvalue weighted by Gasteiger charge is -1.96. The minimum Gasteiger partial charge on any atom is -0.290 e. The van der Waals surface area contributed by atoms with Crippen molar-refractivity contribution in [1.82, 2.24) is 11.0 Å². The van der Waals surface area contributed by atoms with E-state index in [1.54, 1.807) is 7.11 Å². The largest absolute Gasteiger partial charge is 0.290 e. The summed E-state index contributed by atoms with van der Waals surface area (Å²) in [6.45, 7) is 2.85. The van der Waals surface area contributed by atoms with Crippen LogP contribution in [0.4, 0.5) is 0 Å². The molecule has 0 bridgehead atoms. The molecule has 0 atom stereocenters. The Kier molecular flexibility index (Phi) is 13.8. The molecule has 46 valence electrons. The molecule has 0 aromatic rings. The third kappa shape index (κ3) is 10.7. The minimum absolute atomic E-state index is 0. The van der Waals surface area contributed by atoms with Crippen LogP contribution in [-0.4, -0.2) is 13.7 Å². The molecule has 0 rings (SSSR count). The molecule has 0 aliphatic carbocycles. The van der Waals surface area contributed by atoms with E-state index < -0.39 is 0 Å². The Balaban J connectivity index is 0. The second-order valence-corrected chi connectivity index (χ2v) is 0.837. The highest BCUT2D eigenvalue weighted by molar-refractivity contribution is 5.85. The molecule has 0 aromatic carbocycles. The van der Waals surface area contributed by atoms with Gasteiger partial charge in [-0.3, -0.25) is 4.84 Å². The first-order chi connectivity index (χ1) is 2.91. The van der Waals surface area contributed by atoms with Crippen molar-refractivity contribution in [3.63, 3.8) is 0 Å². The van der Waals surface area contributed by atoms with Gasteiger partial charge in [0, 0.05) is 6.54 Å². The molecule has 7 heavy (non-hydrogen) atoms. The quantitative estimate of drug-likeness (QED) is 0.415. The summed E-state index contributed by atoms with van der Waals surface area (Å²) >= 11 is 0. The second-order valence-electron chi connectivity index (χ2n) is 0.837. The summed E-state index contributed by atoms with van der Waals surface area (Å²) in [4.78, 5) is 4.42. The highest BCUT2D eigenvalue weighted by Gasteiger charge is 1.66. The lowest BCUT2D eigenvalue weighted by molar-refractivity contribution is 0.0572. The molecule has 0 fully saturated rings. The van der Waals surface area contributed by atoms with Crippen LogP contribution in [0.2, 0.25) is 0 Å². The molecular formula is C3H11ClN2O. The van der Waals surface area contributed by atoms with E-state index in [0.717, 1.165) is 6.54 Å². The van der Waals surface area contributed by atoms with E-state index in [2.05, 4.69) is 15.9 Å². The third-order valence-corrected chi connectivity index (χ3v) is 0.351. The van der Waals surface area contributed by atoms with Gasteiger partial charge < -0.3 is 0 Å². The molecule has 0 unspecified atom stereocenters. The van der Waals surface area contributed by atoms with Gasteiger partial charge in [-0.05, 0) is 0 Å². The van der Waals surface area contributed by atoms with Gasteiger partial charge in [-0.1, -0.05) is 6.92 Å². The standard InChI is InChI=1S/C3H10N2O.ClH/c1-3-4-5-6-2;/h4-5H,3H2,1-2H3;1H. The average Bonchev–Trinajstić information content (AvgIpc) is 1.61. The summed E-state index contributed by atoms with van der Waals surface area (Å²) in [5, 5.41) is 0. The fraction of sp³-hybridized carbons (Fsp3) is 1.00. The van der Waals surface area contributed by atoms with Gasteiger partial charge in [-0.2, -0.15) is 0 Å². The Morgan fingerprint density at radius 2 is 2.14 bits per heavy atom. The summed E-state index contributed by atoms with van der Waals surface area (Å²) in [6.07, 6.45) is 0. The third-order valence-electron chi connectivity index (χ3n) is 0.351. The minimum atomic E-state index is 0. The highest BCUT2D eigenvalue weighted by atomic mass is 35.5. The Bertz CT molecular complexity index is 24.9. The van der Waals surface area contributed by atoms with Crippen LogP contribution in [0.5, 0.6) is 0 Å². The SMILES string of the molecule is CCNNOC.Cl. The van der Waals surface area contributed by atoms with Crippen LogP contribution in [0.3, 0.4) is 0 Å². The van der Waals surface area contributed by atoms with Crippen LogP contribution in [0.15, 0.2) is 0 Å². The van der Waals surface area contributed by atoms with E-state index >= 15 is 0 Å². The van der Waals surface area contributed by atoms with Crippen molar-refractivity contribution >= 4 is 12.4 Å². The fourth-order valence-corrected chi connectivity index (χ4v) is 0.144. The molecule has 0 saturated carbocycles. The van der Waals surface area contributed by atoms with Crippen molar-refractivity contribution in [2.45, 2.75) is 6.92 Å². The van der Waals surface area contributed by atoms with Crippen LogP contribution in [0.25, 0.3) is 0 Å². The maximum absolute atomic E-state index is 4.42. The molecule has 0 aliphatic heterocycles. The van der Waals surface area contributed by atoms with E-state index in [1.165, 1.54) is 0 Å². The zero-order valence-electron chi connectivity index (χ0n) is 4.52. The molecular weight excluding hydrogens is 115 g/mol. The number of hydrogen-bond acceptors (Lipinski definition) is 3. The van der Waals surface area contributed by atoms with Crippen LogP contribution >= 0.6 is 12.4 Å². The van der Waals surface area contributed by atoms with Crippen molar-refractivity contribution in [3.05, 3.63) is 0 Å². The number of hydrazine groups is 1. The van der Waals surface area contributed by atoms with Crippen LogP contribution < -0.4 is 11.0 Å². The van der Waals surface area contributed by atoms with Crippen LogP contribution in [0, 0.1) is 0 Å². The predicted molar refractivity (Wildman–Crippen MR) is 31.1 cm³/mol. The first kappa shape index (κ1) is 10.2. The summed E-state index contributed by atoms with van der Waals surface area (Å²) in [7, 11) is 1.56. The van der Waals surface area contributed by atoms with Crippen molar-refractivity contribution in [1.29, 1.82) is 0 Å². The Labute approximate surface area is 49.8 Å². The fourth-order valence-electron chi connectivity index (χ4n) is 0.144. The maximum Gasteiger partial charge on any atom is 0.0588 e. The van der Waals surface area contributed by atoms with Gasteiger partial charge in [0.2, 0.25) is 0 Å².